The van der Waals surface area contributed by atoms with Gasteiger partial charge >= 0.3 is 0 Å². The fourth-order valence-electron chi connectivity index (χ4n) is 1.24. The largest absolute Gasteiger partial charge is 0.412 e. The van der Waals surface area contributed by atoms with Crippen LogP contribution in [0.5, 0.6) is 5.88 Å². The minimum Gasteiger partial charge on any atom is -0.412 e. The van der Waals surface area contributed by atoms with Crippen LogP contribution in [0.3, 0.4) is 0 Å². The minimum atomic E-state index is 0.383. The second-order valence-electron chi connectivity index (χ2n) is 2.69. The molecule has 0 amide bonds. The fourth-order valence-corrected chi connectivity index (χ4v) is 1.24. The van der Waals surface area contributed by atoms with E-state index in [0.29, 0.717) is 18.0 Å². The molecule has 2 aromatic rings. The Kier molecular flexibility index (Phi) is 1.66. The van der Waals surface area contributed by atoms with Crippen molar-refractivity contribution < 1.29 is 9.53 Å². The van der Waals surface area contributed by atoms with Crippen LogP contribution in [0, 0.1) is 0 Å². The van der Waals surface area contributed by atoms with E-state index in [4.69, 9.17) is 5.73 Å². The third-order valence-corrected chi connectivity index (χ3v) is 1.80. The Morgan fingerprint density at radius 2 is 2.23 bits per heavy atom. The van der Waals surface area contributed by atoms with Gasteiger partial charge in [-0.25, -0.2) is 0 Å². The zero-order chi connectivity index (χ0) is 9.26. The molecule has 1 aromatic carbocycles. The molecule has 66 valence electrons. The molecule has 3 N–H and O–H groups in total. The maximum Gasteiger partial charge on any atom is 0.299 e. The van der Waals surface area contributed by atoms with Crippen LogP contribution >= 0.6 is 0 Å². The van der Waals surface area contributed by atoms with Crippen LogP contribution in [0.1, 0.15) is 0 Å². The minimum absolute atomic E-state index is 0.383. The smallest absolute Gasteiger partial charge is 0.299 e. The van der Waals surface area contributed by atoms with E-state index in [9.17, 15) is 4.79 Å². The van der Waals surface area contributed by atoms with Crippen molar-refractivity contribution in [1.82, 2.24) is 4.98 Å². The van der Waals surface area contributed by atoms with Gasteiger partial charge < -0.3 is 15.5 Å². The number of aromatic amines is 1. The number of hydrogen-bond donors (Lipinski definition) is 2. The van der Waals surface area contributed by atoms with E-state index in [1.165, 1.54) is 0 Å². The third kappa shape index (κ3) is 1.33. The first-order chi connectivity index (χ1) is 6.29. The summed E-state index contributed by atoms with van der Waals surface area (Å²) in [6.07, 6.45) is 0. The summed E-state index contributed by atoms with van der Waals surface area (Å²) >= 11 is 0. The van der Waals surface area contributed by atoms with Gasteiger partial charge in [0.05, 0.1) is 0 Å². The number of H-pyrrole nitrogens is 1. The molecule has 0 spiro atoms. The molecule has 4 nitrogen and oxygen atoms in total. The van der Waals surface area contributed by atoms with Crippen LogP contribution < -0.4 is 10.5 Å². The van der Waals surface area contributed by atoms with E-state index < -0.39 is 0 Å². The van der Waals surface area contributed by atoms with E-state index >= 15 is 0 Å². The molecule has 4 heteroatoms. The van der Waals surface area contributed by atoms with Crippen LogP contribution in [-0.2, 0) is 4.79 Å². The molecule has 0 bridgehead atoms. The average Bonchev–Trinajstić information content (AvgIpc) is 2.46. The number of carbonyl (C=O) groups is 1. The molecule has 0 aliphatic heterocycles. The maximum absolute atomic E-state index is 10.1. The molecular weight excluding hydrogens is 168 g/mol. The van der Waals surface area contributed by atoms with Gasteiger partial charge in [0.15, 0.2) is 0 Å². The van der Waals surface area contributed by atoms with Crippen molar-refractivity contribution in [2.45, 2.75) is 0 Å². The molecule has 13 heavy (non-hydrogen) atoms. The Balaban J connectivity index is 2.55. The van der Waals surface area contributed by atoms with E-state index in [1.807, 2.05) is 12.1 Å². The summed E-state index contributed by atoms with van der Waals surface area (Å²) in [6, 6.07) is 7.15. The molecule has 0 atom stereocenters. The zero-order valence-electron chi connectivity index (χ0n) is 6.78. The van der Waals surface area contributed by atoms with Gasteiger partial charge in [0.1, 0.15) is 0 Å². The molecule has 0 saturated carbocycles. The second-order valence-corrected chi connectivity index (χ2v) is 2.69. The molecule has 2 rings (SSSR count). The SMILES string of the molecule is Nc1ccc2[nH]c(OC=O)cc2c1. The molecule has 1 heterocycles. The first-order valence-electron chi connectivity index (χ1n) is 3.78. The van der Waals surface area contributed by atoms with Crippen LogP contribution in [-0.4, -0.2) is 11.5 Å². The molecule has 0 aliphatic rings. The quantitative estimate of drug-likeness (QED) is 0.535. The first-order valence-corrected chi connectivity index (χ1v) is 3.78. The van der Waals surface area contributed by atoms with Gasteiger partial charge in [-0.1, -0.05) is 0 Å². The topological polar surface area (TPSA) is 68.1 Å². The summed E-state index contributed by atoms with van der Waals surface area (Å²) in [5.41, 5.74) is 7.16. The van der Waals surface area contributed by atoms with Crippen molar-refractivity contribution in [3.63, 3.8) is 0 Å². The Bertz CT molecular complexity index is 448. The van der Waals surface area contributed by atoms with Gasteiger partial charge in [0.25, 0.3) is 6.47 Å². The number of fused-ring (bicyclic) bond motifs is 1. The lowest BCUT2D eigenvalue weighted by molar-refractivity contribution is -0.120. The van der Waals surface area contributed by atoms with E-state index in [0.717, 1.165) is 10.9 Å². The number of nitrogens with one attached hydrogen (secondary N) is 1. The lowest BCUT2D eigenvalue weighted by Gasteiger charge is -1.90. The Labute approximate surface area is 74.3 Å². The highest BCUT2D eigenvalue weighted by Gasteiger charge is 2.00. The van der Waals surface area contributed by atoms with Crippen LogP contribution in [0.15, 0.2) is 24.3 Å². The first kappa shape index (κ1) is 7.67. The summed E-state index contributed by atoms with van der Waals surface area (Å²) in [4.78, 5) is 13.0. The average molecular weight is 176 g/mol. The van der Waals surface area contributed by atoms with Crippen molar-refractivity contribution in [1.29, 1.82) is 0 Å². The number of carbonyl (C=O) groups excluding carboxylic acids is 1. The van der Waals surface area contributed by atoms with Gasteiger partial charge in [-0.05, 0) is 18.2 Å². The van der Waals surface area contributed by atoms with Gasteiger partial charge in [0.2, 0.25) is 5.88 Å². The number of nitrogens with two attached hydrogens (primary N) is 1. The molecule has 0 saturated heterocycles. The maximum atomic E-state index is 10.1. The Morgan fingerprint density at radius 3 is 3.00 bits per heavy atom. The van der Waals surface area contributed by atoms with E-state index in [-0.39, 0.29) is 0 Å². The van der Waals surface area contributed by atoms with Crippen molar-refractivity contribution in [3.8, 4) is 5.88 Å². The van der Waals surface area contributed by atoms with Crippen LogP contribution in [0.25, 0.3) is 10.9 Å². The van der Waals surface area contributed by atoms with Crippen LogP contribution in [0.4, 0.5) is 5.69 Å². The number of nitrogen functional groups attached to an aromatic ring is 1. The van der Waals surface area contributed by atoms with Crippen molar-refractivity contribution in [2.24, 2.45) is 0 Å². The number of aromatic nitrogens is 1. The predicted octanol–water partition coefficient (Wildman–Crippen LogP) is 1.29. The summed E-state index contributed by atoms with van der Waals surface area (Å²) in [6.45, 7) is 0.383. The molecule has 1 aromatic heterocycles. The lowest BCUT2D eigenvalue weighted by Crippen LogP contribution is -1.86. The lowest BCUT2D eigenvalue weighted by atomic mass is 10.2. The Hall–Kier alpha value is -1.97. The highest BCUT2D eigenvalue weighted by atomic mass is 16.5. The summed E-state index contributed by atoms with van der Waals surface area (Å²) in [5, 5.41) is 0.928. The van der Waals surface area contributed by atoms with E-state index in [1.54, 1.807) is 12.1 Å². The second kappa shape index (κ2) is 2.82. The molecule has 0 unspecified atom stereocenters. The molecule has 0 radical (unpaired) electrons. The number of anilines is 1. The number of hydrogen-bond acceptors (Lipinski definition) is 3. The van der Waals surface area contributed by atoms with Crippen molar-refractivity contribution >= 4 is 23.1 Å². The predicted molar refractivity (Wildman–Crippen MR) is 49.4 cm³/mol. The number of ether oxygens (including phenoxy) is 1. The van der Waals surface area contributed by atoms with Gasteiger partial charge in [-0.3, -0.25) is 4.79 Å². The normalized spacial score (nSPS) is 10.2. The molecule has 0 fully saturated rings. The van der Waals surface area contributed by atoms with E-state index in [2.05, 4.69) is 9.72 Å². The summed E-state index contributed by atoms with van der Waals surface area (Å²) in [7, 11) is 0. The molecular formula is C9H8N2O2. The van der Waals surface area contributed by atoms with Crippen molar-refractivity contribution in [2.75, 3.05) is 5.73 Å². The highest BCUT2D eigenvalue weighted by molar-refractivity contribution is 5.84. The van der Waals surface area contributed by atoms with Gasteiger partial charge in [0, 0.05) is 22.7 Å². The number of benzene rings is 1. The fraction of sp³-hybridized carbons (Fsp3) is 0. The third-order valence-electron chi connectivity index (χ3n) is 1.80. The zero-order valence-corrected chi connectivity index (χ0v) is 6.78. The summed E-state index contributed by atoms with van der Waals surface area (Å²) in [5.74, 6) is 0.426. The highest BCUT2D eigenvalue weighted by Crippen LogP contribution is 2.21. The van der Waals surface area contributed by atoms with Gasteiger partial charge in [-0.2, -0.15) is 0 Å². The van der Waals surface area contributed by atoms with Gasteiger partial charge in [-0.15, -0.1) is 0 Å². The standard InChI is InChI=1S/C9H8N2O2/c10-7-1-2-8-6(3-7)4-9(11-8)13-5-12/h1-5,11H,10H2. The summed E-state index contributed by atoms with van der Waals surface area (Å²) < 4.78 is 4.65. The monoisotopic (exact) mass is 176 g/mol. The number of rotatable bonds is 2. The Morgan fingerprint density at radius 1 is 1.38 bits per heavy atom. The van der Waals surface area contributed by atoms with Crippen LogP contribution in [0.2, 0.25) is 0 Å². The molecule has 0 aliphatic carbocycles. The van der Waals surface area contributed by atoms with Crippen molar-refractivity contribution in [3.05, 3.63) is 24.3 Å².